The normalized spacial score (nSPS) is 20.6. The van der Waals surface area contributed by atoms with Crippen molar-refractivity contribution in [3.8, 4) is 16.9 Å². The van der Waals surface area contributed by atoms with Crippen LogP contribution in [0.25, 0.3) is 11.1 Å². The van der Waals surface area contributed by atoms with Crippen molar-refractivity contribution in [1.82, 2.24) is 0 Å². The minimum Gasteiger partial charge on any atom is -0.490 e. The van der Waals surface area contributed by atoms with Gasteiger partial charge in [0.15, 0.2) is 6.29 Å². The molecular formula is C23H27FO2. The first-order valence-electron chi connectivity index (χ1n) is 9.39. The average molecular weight is 354 g/mol. The van der Waals surface area contributed by atoms with Crippen LogP contribution in [0.5, 0.6) is 5.75 Å². The number of halogens is 1. The third-order valence-electron chi connectivity index (χ3n) is 5.52. The van der Waals surface area contributed by atoms with Crippen LogP contribution < -0.4 is 4.74 Å². The highest BCUT2D eigenvalue weighted by Gasteiger charge is 2.30. The molecule has 3 heteroatoms. The number of benzene rings is 2. The molecule has 26 heavy (non-hydrogen) atoms. The van der Waals surface area contributed by atoms with E-state index in [2.05, 4.69) is 20.8 Å². The van der Waals surface area contributed by atoms with Gasteiger partial charge < -0.3 is 4.74 Å². The maximum Gasteiger partial charge on any atom is 0.153 e. The molecule has 0 saturated heterocycles. The summed E-state index contributed by atoms with van der Waals surface area (Å²) in [6, 6.07) is 12.3. The zero-order valence-corrected chi connectivity index (χ0v) is 15.8. The molecule has 0 unspecified atom stereocenters. The summed E-state index contributed by atoms with van der Waals surface area (Å²) in [6.45, 7) is 6.95. The predicted molar refractivity (Wildman–Crippen MR) is 103 cm³/mol. The lowest BCUT2D eigenvalue weighted by atomic mass is 9.72. The Hall–Kier alpha value is -2.16. The summed E-state index contributed by atoms with van der Waals surface area (Å²) in [4.78, 5) is 10.9. The van der Waals surface area contributed by atoms with Crippen LogP contribution in [0, 0.1) is 17.2 Å². The highest BCUT2D eigenvalue weighted by molar-refractivity contribution is 5.79. The van der Waals surface area contributed by atoms with Crippen molar-refractivity contribution in [2.24, 2.45) is 11.3 Å². The molecule has 0 bridgehead atoms. The van der Waals surface area contributed by atoms with Crippen molar-refractivity contribution in [3.05, 3.63) is 53.8 Å². The lowest BCUT2D eigenvalue weighted by Gasteiger charge is -2.36. The molecule has 1 aliphatic rings. The van der Waals surface area contributed by atoms with E-state index in [-0.39, 0.29) is 11.7 Å². The molecule has 0 atom stereocenters. The number of hydrogen-bond acceptors (Lipinski definition) is 2. The number of hydrogen-bond donors (Lipinski definition) is 0. The zero-order valence-electron chi connectivity index (χ0n) is 15.8. The predicted octanol–water partition coefficient (Wildman–Crippen LogP) is 6.29. The van der Waals surface area contributed by atoms with Crippen LogP contribution in [0.2, 0.25) is 0 Å². The van der Waals surface area contributed by atoms with Gasteiger partial charge in [0.1, 0.15) is 11.6 Å². The fourth-order valence-corrected chi connectivity index (χ4v) is 3.82. The van der Waals surface area contributed by atoms with Crippen LogP contribution in [0.4, 0.5) is 4.39 Å². The molecule has 0 aromatic heterocycles. The first kappa shape index (κ1) is 18.6. The van der Waals surface area contributed by atoms with Crippen molar-refractivity contribution in [2.75, 3.05) is 0 Å². The van der Waals surface area contributed by atoms with E-state index in [1.54, 1.807) is 12.1 Å². The Morgan fingerprint density at radius 1 is 1.00 bits per heavy atom. The summed E-state index contributed by atoms with van der Waals surface area (Å²) in [5.41, 5.74) is 1.63. The van der Waals surface area contributed by atoms with Gasteiger partial charge in [-0.2, -0.15) is 0 Å². The second kappa shape index (κ2) is 7.61. The quantitative estimate of drug-likeness (QED) is 0.603. The van der Waals surface area contributed by atoms with Crippen LogP contribution in [0.3, 0.4) is 0 Å². The third-order valence-corrected chi connectivity index (χ3v) is 5.52. The van der Waals surface area contributed by atoms with Crippen molar-refractivity contribution >= 4 is 6.29 Å². The van der Waals surface area contributed by atoms with E-state index < -0.39 is 5.82 Å². The molecule has 2 aromatic rings. The van der Waals surface area contributed by atoms with E-state index in [0.717, 1.165) is 30.1 Å². The minimum absolute atomic E-state index is 0.0819. The maximum atomic E-state index is 14.3. The number of ether oxygens (including phenoxy) is 1. The van der Waals surface area contributed by atoms with Crippen LogP contribution >= 0.6 is 0 Å². The Bertz CT molecular complexity index is 751. The van der Waals surface area contributed by atoms with E-state index in [0.29, 0.717) is 17.3 Å². The maximum absolute atomic E-state index is 14.3. The summed E-state index contributed by atoms with van der Waals surface area (Å²) in [7, 11) is 0. The van der Waals surface area contributed by atoms with E-state index >= 15 is 0 Å². The molecule has 0 aliphatic heterocycles. The van der Waals surface area contributed by atoms with Gasteiger partial charge in [-0.15, -0.1) is 0 Å². The van der Waals surface area contributed by atoms with Gasteiger partial charge in [0.25, 0.3) is 0 Å². The Morgan fingerprint density at radius 2 is 1.65 bits per heavy atom. The fourth-order valence-electron chi connectivity index (χ4n) is 3.82. The van der Waals surface area contributed by atoms with Gasteiger partial charge in [-0.1, -0.05) is 45.0 Å². The van der Waals surface area contributed by atoms with Gasteiger partial charge in [0, 0.05) is 5.56 Å². The standard InChI is InChI=1S/C23H27FO2/c1-23(2,3)18-9-13-20(14-10-18)26-19-11-7-16(8-12-19)21-6-4-5-17(15-25)22(21)24/h4-8,11-12,15,18,20H,9-10,13-14H2,1-3H3/t18-,20-. The molecule has 0 N–H and O–H groups in total. The topological polar surface area (TPSA) is 26.3 Å². The van der Waals surface area contributed by atoms with E-state index in [9.17, 15) is 9.18 Å². The molecular weight excluding hydrogens is 327 g/mol. The Kier molecular flexibility index (Phi) is 5.45. The minimum atomic E-state index is -0.475. The molecule has 2 nitrogen and oxygen atoms in total. The smallest absolute Gasteiger partial charge is 0.153 e. The SMILES string of the molecule is CC(C)(C)[C@H]1CC[C@H](Oc2ccc(-c3cccc(C=O)c3F)cc2)CC1. The monoisotopic (exact) mass is 354 g/mol. The number of aldehydes is 1. The van der Waals surface area contributed by atoms with Crippen LogP contribution in [0.15, 0.2) is 42.5 Å². The summed E-state index contributed by atoms with van der Waals surface area (Å²) in [5, 5.41) is 0. The molecule has 1 saturated carbocycles. The van der Waals surface area contributed by atoms with E-state index in [1.807, 2.05) is 24.3 Å². The molecule has 2 aromatic carbocycles. The van der Waals surface area contributed by atoms with Gasteiger partial charge in [-0.3, -0.25) is 4.79 Å². The first-order valence-corrected chi connectivity index (χ1v) is 9.39. The number of rotatable bonds is 4. The Morgan fingerprint density at radius 3 is 2.23 bits per heavy atom. The first-order chi connectivity index (χ1) is 12.4. The molecule has 0 spiro atoms. The summed E-state index contributed by atoms with van der Waals surface area (Å²) in [5.74, 6) is 1.11. The third kappa shape index (κ3) is 4.14. The molecule has 3 rings (SSSR count). The summed E-state index contributed by atoms with van der Waals surface area (Å²) in [6.07, 6.45) is 5.38. The lowest BCUT2D eigenvalue weighted by Crippen LogP contribution is -2.30. The second-order valence-corrected chi connectivity index (χ2v) is 8.31. The van der Waals surface area contributed by atoms with Crippen molar-refractivity contribution in [2.45, 2.75) is 52.6 Å². The lowest BCUT2D eigenvalue weighted by molar-refractivity contribution is 0.0882. The molecule has 0 amide bonds. The van der Waals surface area contributed by atoms with Crippen molar-refractivity contribution in [3.63, 3.8) is 0 Å². The molecule has 1 aliphatic carbocycles. The molecule has 0 heterocycles. The van der Waals surface area contributed by atoms with E-state index in [1.165, 1.54) is 18.9 Å². The van der Waals surface area contributed by atoms with Crippen LogP contribution in [0.1, 0.15) is 56.8 Å². The average Bonchev–Trinajstić information content (AvgIpc) is 2.62. The largest absolute Gasteiger partial charge is 0.490 e. The summed E-state index contributed by atoms with van der Waals surface area (Å²) < 4.78 is 20.4. The zero-order chi connectivity index (χ0) is 18.7. The Labute approximate surface area is 155 Å². The summed E-state index contributed by atoms with van der Waals surface area (Å²) >= 11 is 0. The van der Waals surface area contributed by atoms with Gasteiger partial charge in [-0.05, 0) is 60.8 Å². The van der Waals surface area contributed by atoms with Crippen LogP contribution in [-0.2, 0) is 0 Å². The van der Waals surface area contributed by atoms with Gasteiger partial charge in [0.05, 0.1) is 11.7 Å². The van der Waals surface area contributed by atoms with Gasteiger partial charge in [-0.25, -0.2) is 4.39 Å². The molecule has 138 valence electrons. The molecule has 1 fully saturated rings. The van der Waals surface area contributed by atoms with Gasteiger partial charge >= 0.3 is 0 Å². The number of carbonyl (C=O) groups excluding carboxylic acids is 1. The van der Waals surface area contributed by atoms with Crippen molar-refractivity contribution < 1.29 is 13.9 Å². The van der Waals surface area contributed by atoms with Gasteiger partial charge in [0.2, 0.25) is 0 Å². The highest BCUT2D eigenvalue weighted by atomic mass is 19.1. The highest BCUT2D eigenvalue weighted by Crippen LogP contribution is 2.39. The van der Waals surface area contributed by atoms with E-state index in [4.69, 9.17) is 4.74 Å². The second-order valence-electron chi connectivity index (χ2n) is 8.31. The number of carbonyl (C=O) groups is 1. The Balaban J connectivity index is 1.65. The van der Waals surface area contributed by atoms with Crippen LogP contribution in [-0.4, -0.2) is 12.4 Å². The van der Waals surface area contributed by atoms with Crippen molar-refractivity contribution in [1.29, 1.82) is 0 Å². The molecule has 0 radical (unpaired) electrons. The fraction of sp³-hybridized carbons (Fsp3) is 0.435.